The Morgan fingerprint density at radius 3 is 2.56 bits per heavy atom. The summed E-state index contributed by atoms with van der Waals surface area (Å²) in [5.74, 6) is 0.210. The zero-order chi connectivity index (χ0) is 13.0. The van der Waals surface area contributed by atoms with Crippen molar-refractivity contribution in [1.82, 2.24) is 10.2 Å². The molecule has 0 aromatic heterocycles. The van der Waals surface area contributed by atoms with Crippen LogP contribution in [0.15, 0.2) is 0 Å². The molecule has 2 fully saturated rings. The molecule has 2 saturated carbocycles. The number of nitrogens with one attached hydrogen (secondary N) is 1. The first kappa shape index (κ1) is 13.8. The molecule has 0 saturated heterocycles. The lowest BCUT2D eigenvalue weighted by molar-refractivity contribution is -0.127. The second kappa shape index (κ2) is 6.53. The van der Waals surface area contributed by atoms with E-state index >= 15 is 0 Å². The van der Waals surface area contributed by atoms with Gasteiger partial charge in [0.2, 0.25) is 5.91 Å². The van der Waals surface area contributed by atoms with Crippen molar-refractivity contribution in [3.63, 3.8) is 0 Å². The molecule has 2 aliphatic carbocycles. The molecule has 18 heavy (non-hydrogen) atoms. The molecule has 0 heterocycles. The van der Waals surface area contributed by atoms with Gasteiger partial charge in [-0.15, -0.1) is 0 Å². The minimum Gasteiger partial charge on any atom is -0.352 e. The lowest BCUT2D eigenvalue weighted by Crippen LogP contribution is -2.50. The summed E-state index contributed by atoms with van der Waals surface area (Å²) < 4.78 is 0. The van der Waals surface area contributed by atoms with Crippen molar-refractivity contribution in [1.29, 1.82) is 0 Å². The van der Waals surface area contributed by atoms with Gasteiger partial charge in [-0.05, 0) is 45.6 Å². The minimum absolute atomic E-state index is 0.000231. The van der Waals surface area contributed by atoms with E-state index in [1.54, 1.807) is 0 Å². The average molecular weight is 253 g/mol. The molecule has 3 N–H and O–H groups in total. The molecule has 1 atom stereocenters. The molecule has 2 rings (SSSR count). The molecule has 0 aromatic carbocycles. The van der Waals surface area contributed by atoms with E-state index in [0.29, 0.717) is 18.6 Å². The lowest BCUT2D eigenvalue weighted by atomic mass is 10.1. The summed E-state index contributed by atoms with van der Waals surface area (Å²) in [4.78, 5) is 14.6. The third kappa shape index (κ3) is 3.69. The van der Waals surface area contributed by atoms with Crippen LogP contribution < -0.4 is 11.1 Å². The second-order valence-corrected chi connectivity index (χ2v) is 5.78. The van der Waals surface area contributed by atoms with Gasteiger partial charge < -0.3 is 11.1 Å². The maximum atomic E-state index is 12.2. The van der Waals surface area contributed by atoms with Crippen LogP contribution in [-0.2, 0) is 4.79 Å². The van der Waals surface area contributed by atoms with Crippen LogP contribution in [0.4, 0.5) is 0 Å². The molecular formula is C14H27N3O. The third-order valence-corrected chi connectivity index (χ3v) is 4.21. The Hall–Kier alpha value is -0.610. The highest BCUT2D eigenvalue weighted by molar-refractivity contribution is 5.81. The summed E-state index contributed by atoms with van der Waals surface area (Å²) in [6, 6.07) is 1.05. The van der Waals surface area contributed by atoms with Crippen LogP contribution >= 0.6 is 0 Å². The van der Waals surface area contributed by atoms with Gasteiger partial charge in [0.25, 0.3) is 0 Å². The molecule has 1 amide bonds. The fourth-order valence-corrected chi connectivity index (χ4v) is 2.90. The van der Waals surface area contributed by atoms with Crippen LogP contribution in [0, 0.1) is 0 Å². The summed E-state index contributed by atoms with van der Waals surface area (Å²) in [5, 5.41) is 3.12. The number of nitrogens with two attached hydrogens (primary N) is 1. The van der Waals surface area contributed by atoms with Gasteiger partial charge >= 0.3 is 0 Å². The molecule has 0 bridgehead atoms. The largest absolute Gasteiger partial charge is 0.352 e. The molecule has 0 aromatic rings. The van der Waals surface area contributed by atoms with Crippen molar-refractivity contribution < 1.29 is 4.79 Å². The molecule has 0 radical (unpaired) electrons. The summed E-state index contributed by atoms with van der Waals surface area (Å²) >= 11 is 0. The van der Waals surface area contributed by atoms with Crippen molar-refractivity contribution in [2.45, 2.75) is 70.0 Å². The average Bonchev–Trinajstić information content (AvgIpc) is 3.01. The monoisotopic (exact) mass is 253 g/mol. The van der Waals surface area contributed by atoms with Crippen molar-refractivity contribution in [3.05, 3.63) is 0 Å². The molecule has 0 aliphatic heterocycles. The molecule has 0 spiro atoms. The summed E-state index contributed by atoms with van der Waals surface area (Å²) in [5.41, 5.74) is 5.62. The van der Waals surface area contributed by atoms with Crippen LogP contribution in [0.25, 0.3) is 0 Å². The Balaban J connectivity index is 1.89. The first-order chi connectivity index (χ1) is 8.72. The number of hydrogen-bond acceptors (Lipinski definition) is 3. The van der Waals surface area contributed by atoms with E-state index in [4.69, 9.17) is 5.73 Å². The summed E-state index contributed by atoms with van der Waals surface area (Å²) in [7, 11) is 0. The van der Waals surface area contributed by atoms with Crippen molar-refractivity contribution in [2.24, 2.45) is 5.73 Å². The molecule has 4 nitrogen and oxygen atoms in total. The van der Waals surface area contributed by atoms with Crippen LogP contribution in [0.2, 0.25) is 0 Å². The SMILES string of the molecule is CC(C(=O)NC1CC1)N(CCCN)C1CCCC1. The van der Waals surface area contributed by atoms with Gasteiger partial charge in [0, 0.05) is 18.6 Å². The highest BCUT2D eigenvalue weighted by Gasteiger charge is 2.32. The minimum atomic E-state index is 0.000231. The smallest absolute Gasteiger partial charge is 0.237 e. The predicted molar refractivity (Wildman–Crippen MR) is 73.3 cm³/mol. The Morgan fingerprint density at radius 1 is 1.33 bits per heavy atom. The van der Waals surface area contributed by atoms with Gasteiger partial charge in [0.1, 0.15) is 0 Å². The Morgan fingerprint density at radius 2 is 2.00 bits per heavy atom. The van der Waals surface area contributed by atoms with Gasteiger partial charge in [-0.25, -0.2) is 0 Å². The van der Waals surface area contributed by atoms with E-state index in [0.717, 1.165) is 25.8 Å². The van der Waals surface area contributed by atoms with E-state index in [2.05, 4.69) is 10.2 Å². The van der Waals surface area contributed by atoms with Crippen molar-refractivity contribution in [2.75, 3.05) is 13.1 Å². The van der Waals surface area contributed by atoms with Crippen LogP contribution in [0.1, 0.15) is 51.9 Å². The number of nitrogens with zero attached hydrogens (tertiary/aromatic N) is 1. The zero-order valence-corrected chi connectivity index (χ0v) is 11.5. The summed E-state index contributed by atoms with van der Waals surface area (Å²) in [6.07, 6.45) is 8.39. The second-order valence-electron chi connectivity index (χ2n) is 5.78. The fourth-order valence-electron chi connectivity index (χ4n) is 2.90. The topological polar surface area (TPSA) is 58.4 Å². The zero-order valence-electron chi connectivity index (χ0n) is 11.5. The number of carbonyl (C=O) groups is 1. The molecule has 2 aliphatic rings. The number of amides is 1. The van der Waals surface area contributed by atoms with E-state index in [-0.39, 0.29) is 11.9 Å². The molecule has 4 heteroatoms. The number of carbonyl (C=O) groups excluding carboxylic acids is 1. The molecule has 1 unspecified atom stereocenters. The number of rotatable bonds is 7. The van der Waals surface area contributed by atoms with Gasteiger partial charge in [-0.2, -0.15) is 0 Å². The highest BCUT2D eigenvalue weighted by atomic mass is 16.2. The maximum absolute atomic E-state index is 12.2. The predicted octanol–water partition coefficient (Wildman–Crippen LogP) is 1.25. The van der Waals surface area contributed by atoms with E-state index < -0.39 is 0 Å². The van der Waals surface area contributed by atoms with E-state index in [1.165, 1.54) is 25.7 Å². The van der Waals surface area contributed by atoms with Crippen LogP contribution in [0.5, 0.6) is 0 Å². The lowest BCUT2D eigenvalue weighted by Gasteiger charge is -2.33. The standard InChI is InChI=1S/C14H27N3O/c1-11(14(18)16-12-7-8-12)17(10-4-9-15)13-5-2-3-6-13/h11-13H,2-10,15H2,1H3,(H,16,18). The highest BCUT2D eigenvalue weighted by Crippen LogP contribution is 2.26. The van der Waals surface area contributed by atoms with Gasteiger partial charge in [0.15, 0.2) is 0 Å². The van der Waals surface area contributed by atoms with E-state index in [9.17, 15) is 4.79 Å². The van der Waals surface area contributed by atoms with Gasteiger partial charge in [0.05, 0.1) is 6.04 Å². The summed E-state index contributed by atoms with van der Waals surface area (Å²) in [6.45, 7) is 3.72. The Bertz CT molecular complexity index is 272. The fraction of sp³-hybridized carbons (Fsp3) is 0.929. The normalized spacial score (nSPS) is 22.4. The first-order valence-corrected chi connectivity index (χ1v) is 7.48. The van der Waals surface area contributed by atoms with Gasteiger partial charge in [-0.3, -0.25) is 9.69 Å². The van der Waals surface area contributed by atoms with Gasteiger partial charge in [-0.1, -0.05) is 12.8 Å². The van der Waals surface area contributed by atoms with Crippen LogP contribution in [0.3, 0.4) is 0 Å². The van der Waals surface area contributed by atoms with Crippen molar-refractivity contribution >= 4 is 5.91 Å². The third-order valence-electron chi connectivity index (χ3n) is 4.21. The Labute approximate surface area is 110 Å². The molecule has 104 valence electrons. The molecular weight excluding hydrogens is 226 g/mol. The quantitative estimate of drug-likeness (QED) is 0.718. The number of hydrogen-bond donors (Lipinski definition) is 2. The Kier molecular flexibility index (Phi) is 5.01. The van der Waals surface area contributed by atoms with Crippen molar-refractivity contribution in [3.8, 4) is 0 Å². The first-order valence-electron chi connectivity index (χ1n) is 7.48. The van der Waals surface area contributed by atoms with Crippen LogP contribution in [-0.4, -0.2) is 42.0 Å². The maximum Gasteiger partial charge on any atom is 0.237 e. The van der Waals surface area contributed by atoms with E-state index in [1.807, 2.05) is 6.92 Å².